The Balaban J connectivity index is 4.67. The number of carbonyl (C=O) groups is 1. The highest BCUT2D eigenvalue weighted by molar-refractivity contribution is 7.80. The first-order valence-electron chi connectivity index (χ1n) is 4.78. The van der Waals surface area contributed by atoms with E-state index in [9.17, 15) is 25.2 Å². The van der Waals surface area contributed by atoms with E-state index in [1.165, 1.54) is 0 Å². The molecule has 0 bridgehead atoms. The van der Waals surface area contributed by atoms with E-state index in [0.717, 1.165) is 0 Å². The lowest BCUT2D eigenvalue weighted by Gasteiger charge is -2.30. The van der Waals surface area contributed by atoms with Crippen molar-refractivity contribution in [3.63, 3.8) is 0 Å². The fraction of sp³-hybridized carbons (Fsp3) is 0.875. The van der Waals surface area contributed by atoms with Gasteiger partial charge in [0.25, 0.3) is 0 Å². The summed E-state index contributed by atoms with van der Waals surface area (Å²) in [4.78, 5) is 10.3. The first-order chi connectivity index (χ1) is 8.11. The molecule has 8 N–H and O–H groups in total. The maximum Gasteiger partial charge on any atom is 0.335 e. The molecule has 9 nitrogen and oxygen atoms in total. The monoisotopic (exact) mass is 288 g/mol. The highest BCUT2D eigenvalue weighted by Crippen LogP contribution is 2.14. The van der Waals surface area contributed by atoms with Crippen LogP contribution in [0, 0.1) is 0 Å². The van der Waals surface area contributed by atoms with E-state index in [2.05, 4.69) is 12.6 Å². The lowest BCUT2D eigenvalue weighted by Crippen LogP contribution is -2.55. The lowest BCUT2D eigenvalue weighted by atomic mass is 9.96. The smallest absolute Gasteiger partial charge is 0.335 e. The number of rotatable bonds is 7. The molecule has 0 saturated heterocycles. The summed E-state index contributed by atoms with van der Waals surface area (Å²) in [6.07, 6.45) is -13.2. The number of carboxylic acids is 1. The molecule has 10 heteroatoms. The van der Waals surface area contributed by atoms with Crippen LogP contribution in [0.1, 0.15) is 0 Å². The molecule has 0 aliphatic carbocycles. The SMILES string of the molecule is O=C(O)C(O)C(O)C(O)C(O)C(O)C(O)C(O)S. The average Bonchev–Trinajstić information content (AvgIpc) is 2.32. The van der Waals surface area contributed by atoms with Gasteiger partial charge in [0.2, 0.25) is 0 Å². The predicted molar refractivity (Wildman–Crippen MR) is 58.7 cm³/mol. The van der Waals surface area contributed by atoms with Gasteiger partial charge in [-0.15, -0.1) is 12.6 Å². The lowest BCUT2D eigenvalue weighted by molar-refractivity contribution is -0.176. The number of hydrogen-bond acceptors (Lipinski definition) is 9. The van der Waals surface area contributed by atoms with Crippen molar-refractivity contribution in [3.05, 3.63) is 0 Å². The van der Waals surface area contributed by atoms with E-state index in [1.54, 1.807) is 0 Å². The van der Waals surface area contributed by atoms with Crippen molar-refractivity contribution in [1.82, 2.24) is 0 Å². The molecule has 0 saturated carbocycles. The average molecular weight is 288 g/mol. The van der Waals surface area contributed by atoms with Crippen molar-refractivity contribution in [1.29, 1.82) is 0 Å². The number of aliphatic hydroxyl groups excluding tert-OH is 7. The predicted octanol–water partition coefficient (Wildman–Crippen LogP) is -4.52. The van der Waals surface area contributed by atoms with E-state index < -0.39 is 48.0 Å². The van der Waals surface area contributed by atoms with Crippen LogP contribution in [0.2, 0.25) is 0 Å². The molecule has 0 aliphatic heterocycles. The van der Waals surface area contributed by atoms with Gasteiger partial charge < -0.3 is 40.9 Å². The van der Waals surface area contributed by atoms with Crippen molar-refractivity contribution < 1.29 is 45.6 Å². The highest BCUT2D eigenvalue weighted by Gasteiger charge is 2.40. The van der Waals surface area contributed by atoms with Crippen LogP contribution in [0.4, 0.5) is 0 Å². The second-order valence-corrected chi connectivity index (χ2v) is 4.18. The van der Waals surface area contributed by atoms with Gasteiger partial charge in [-0.1, -0.05) is 0 Å². The number of carboxylic acid groups (broad SMARTS) is 1. The van der Waals surface area contributed by atoms with Crippen molar-refractivity contribution in [2.24, 2.45) is 0 Å². The maximum atomic E-state index is 10.3. The van der Waals surface area contributed by atoms with Gasteiger partial charge in [-0.2, -0.15) is 0 Å². The van der Waals surface area contributed by atoms with Crippen LogP contribution >= 0.6 is 12.6 Å². The molecule has 7 atom stereocenters. The van der Waals surface area contributed by atoms with Gasteiger partial charge in [0.15, 0.2) is 6.10 Å². The van der Waals surface area contributed by atoms with Crippen LogP contribution in [0.25, 0.3) is 0 Å². The molecule has 0 amide bonds. The molecule has 0 fully saturated rings. The number of thiol groups is 1. The molecule has 0 radical (unpaired) electrons. The van der Waals surface area contributed by atoms with Crippen LogP contribution in [0.3, 0.4) is 0 Å². The first-order valence-corrected chi connectivity index (χ1v) is 5.30. The fourth-order valence-electron chi connectivity index (χ4n) is 1.12. The fourth-order valence-corrected chi connectivity index (χ4v) is 1.29. The zero-order valence-electron chi connectivity index (χ0n) is 8.97. The third-order valence-electron chi connectivity index (χ3n) is 2.28. The number of aliphatic hydroxyl groups is 7. The molecule has 0 aromatic carbocycles. The first kappa shape index (κ1) is 17.5. The summed E-state index contributed by atoms with van der Waals surface area (Å²) in [5.41, 5.74) is -1.73. The third-order valence-corrected chi connectivity index (χ3v) is 2.59. The number of hydrogen-bond donors (Lipinski definition) is 9. The number of aliphatic carboxylic acids is 1. The Morgan fingerprint density at radius 2 is 1.06 bits per heavy atom. The highest BCUT2D eigenvalue weighted by atomic mass is 32.1. The molecule has 0 spiro atoms. The van der Waals surface area contributed by atoms with Crippen LogP contribution in [-0.2, 0) is 4.79 Å². The summed E-state index contributed by atoms with van der Waals surface area (Å²) >= 11 is 3.37. The molecule has 7 unspecified atom stereocenters. The largest absolute Gasteiger partial charge is 0.479 e. The molecule has 108 valence electrons. The Morgan fingerprint density at radius 3 is 1.39 bits per heavy atom. The summed E-state index contributed by atoms with van der Waals surface area (Å²) in [5.74, 6) is -1.85. The van der Waals surface area contributed by atoms with Crippen molar-refractivity contribution >= 4 is 18.6 Å². The summed E-state index contributed by atoms with van der Waals surface area (Å²) in [6.45, 7) is 0. The molecule has 18 heavy (non-hydrogen) atoms. The van der Waals surface area contributed by atoms with E-state index in [0.29, 0.717) is 0 Å². The van der Waals surface area contributed by atoms with Gasteiger partial charge in [0.05, 0.1) is 0 Å². The molecule has 0 aliphatic rings. The summed E-state index contributed by atoms with van der Waals surface area (Å²) < 4.78 is 0. The Morgan fingerprint density at radius 1 is 0.722 bits per heavy atom. The molecular weight excluding hydrogens is 272 g/mol. The third kappa shape index (κ3) is 4.33. The maximum absolute atomic E-state index is 10.3. The molecule has 0 aromatic rings. The topological polar surface area (TPSA) is 179 Å². The van der Waals surface area contributed by atoms with Crippen molar-refractivity contribution in [3.8, 4) is 0 Å². The second kappa shape index (κ2) is 7.21. The Labute approximate surface area is 107 Å². The minimum absolute atomic E-state index is 1.73. The Hall–Kier alpha value is -0.460. The summed E-state index contributed by atoms with van der Waals surface area (Å²) in [5, 5.41) is 72.3. The van der Waals surface area contributed by atoms with E-state index >= 15 is 0 Å². The minimum Gasteiger partial charge on any atom is -0.479 e. The second-order valence-electron chi connectivity index (χ2n) is 3.65. The normalized spacial score (nSPS) is 23.6. The molecule has 0 aromatic heterocycles. The standard InChI is InChI=1S/C8H16O9S/c9-1(3(11)5(13)7(15)16)2(10)4(12)6(14)8(17)18/h1-6,8-14,17-18H,(H,15,16). The van der Waals surface area contributed by atoms with Gasteiger partial charge in [0.1, 0.15) is 36.0 Å². The van der Waals surface area contributed by atoms with Gasteiger partial charge in [0, 0.05) is 0 Å². The minimum atomic E-state index is -2.39. The molecule has 0 rings (SSSR count). The Bertz CT molecular complexity index is 273. The van der Waals surface area contributed by atoms with Crippen LogP contribution in [0.5, 0.6) is 0 Å². The van der Waals surface area contributed by atoms with Crippen molar-refractivity contribution in [2.75, 3.05) is 0 Å². The van der Waals surface area contributed by atoms with E-state index in [1.807, 2.05) is 0 Å². The van der Waals surface area contributed by atoms with E-state index in [4.69, 9.17) is 20.4 Å². The van der Waals surface area contributed by atoms with Gasteiger partial charge in [-0.3, -0.25) is 0 Å². The zero-order valence-corrected chi connectivity index (χ0v) is 9.87. The summed E-state index contributed by atoms with van der Waals surface area (Å²) in [6, 6.07) is 0. The summed E-state index contributed by atoms with van der Waals surface area (Å²) in [7, 11) is 0. The molecular formula is C8H16O9S. The van der Waals surface area contributed by atoms with Crippen molar-refractivity contribution in [2.45, 2.75) is 42.1 Å². The quantitative estimate of drug-likeness (QED) is 0.165. The van der Waals surface area contributed by atoms with Crippen LogP contribution in [0.15, 0.2) is 0 Å². The Kier molecular flexibility index (Phi) is 7.02. The molecule has 0 heterocycles. The van der Waals surface area contributed by atoms with E-state index in [-0.39, 0.29) is 0 Å². The van der Waals surface area contributed by atoms with Gasteiger partial charge >= 0.3 is 5.97 Å². The van der Waals surface area contributed by atoms with Crippen LogP contribution < -0.4 is 0 Å². The van der Waals surface area contributed by atoms with Gasteiger partial charge in [-0.25, -0.2) is 4.79 Å². The van der Waals surface area contributed by atoms with Gasteiger partial charge in [-0.05, 0) is 0 Å². The zero-order chi connectivity index (χ0) is 14.6. The van der Waals surface area contributed by atoms with Crippen LogP contribution in [-0.4, -0.2) is 88.9 Å².